The third-order valence-electron chi connectivity index (χ3n) is 1.56. The van der Waals surface area contributed by atoms with Gasteiger partial charge < -0.3 is 10.6 Å². The van der Waals surface area contributed by atoms with Gasteiger partial charge in [-0.1, -0.05) is 0 Å². The molecule has 0 saturated heterocycles. The average molecular weight is 224 g/mol. The Morgan fingerprint density at radius 3 is 2.07 bits per heavy atom. The largest absolute Gasteiger partial charge is 0.424 e. The zero-order chi connectivity index (χ0) is 11.8. The summed E-state index contributed by atoms with van der Waals surface area (Å²) in [5, 5.41) is 0. The summed E-state index contributed by atoms with van der Waals surface area (Å²) in [5.41, 5.74) is 3.38. The fourth-order valence-electron chi connectivity index (χ4n) is 0.900. The summed E-state index contributed by atoms with van der Waals surface area (Å²) in [6.07, 6.45) is -4.89. The molecular formula is C7H8F4N4. The summed E-state index contributed by atoms with van der Waals surface area (Å²) in [6.45, 7) is 0. The van der Waals surface area contributed by atoms with E-state index >= 15 is 0 Å². The van der Waals surface area contributed by atoms with E-state index in [1.54, 1.807) is 0 Å². The third-order valence-corrected chi connectivity index (χ3v) is 1.56. The molecule has 1 aromatic rings. The van der Waals surface area contributed by atoms with Crippen LogP contribution in [0.1, 0.15) is 5.56 Å². The first-order chi connectivity index (χ1) is 6.73. The average Bonchev–Trinajstić information content (AvgIpc) is 1.99. The molecule has 0 spiro atoms. The third kappa shape index (κ3) is 2.25. The van der Waals surface area contributed by atoms with Crippen LogP contribution >= 0.6 is 0 Å². The number of rotatable bonds is 1. The molecule has 0 atom stereocenters. The van der Waals surface area contributed by atoms with Gasteiger partial charge in [0.05, 0.1) is 0 Å². The van der Waals surface area contributed by atoms with Gasteiger partial charge in [0.2, 0.25) is 11.9 Å². The maximum Gasteiger partial charge on any atom is 0.424 e. The van der Waals surface area contributed by atoms with Crippen molar-refractivity contribution in [3.63, 3.8) is 0 Å². The van der Waals surface area contributed by atoms with Crippen molar-refractivity contribution in [2.24, 2.45) is 0 Å². The number of anilines is 2. The first-order valence-electron chi connectivity index (χ1n) is 3.81. The molecule has 1 aromatic heterocycles. The first-order valence-corrected chi connectivity index (χ1v) is 3.81. The van der Waals surface area contributed by atoms with Gasteiger partial charge in [-0.15, -0.1) is 0 Å². The smallest absolute Gasteiger partial charge is 0.383 e. The highest BCUT2D eigenvalue weighted by Crippen LogP contribution is 2.34. The molecule has 1 heterocycles. The zero-order valence-corrected chi connectivity index (χ0v) is 7.93. The number of nitrogen functional groups attached to an aromatic ring is 1. The van der Waals surface area contributed by atoms with Crippen LogP contribution in [0, 0.1) is 5.95 Å². The molecule has 0 bridgehead atoms. The molecular weight excluding hydrogens is 216 g/mol. The minimum absolute atomic E-state index is 0.210. The number of halogens is 4. The number of alkyl halides is 3. The molecule has 0 aliphatic heterocycles. The van der Waals surface area contributed by atoms with Crippen LogP contribution in [0.25, 0.3) is 0 Å². The monoisotopic (exact) mass is 224 g/mol. The lowest BCUT2D eigenvalue weighted by Gasteiger charge is -2.14. The van der Waals surface area contributed by atoms with Crippen LogP contribution in [0.5, 0.6) is 0 Å². The molecule has 0 aromatic carbocycles. The minimum atomic E-state index is -4.89. The number of hydrogen-bond acceptors (Lipinski definition) is 4. The molecule has 4 nitrogen and oxygen atoms in total. The number of aromatic nitrogens is 2. The Balaban J connectivity index is 3.34. The van der Waals surface area contributed by atoms with Crippen molar-refractivity contribution < 1.29 is 17.6 Å². The molecule has 0 unspecified atom stereocenters. The van der Waals surface area contributed by atoms with E-state index in [0.717, 1.165) is 0 Å². The van der Waals surface area contributed by atoms with E-state index in [1.165, 1.54) is 19.0 Å². The second kappa shape index (κ2) is 3.52. The molecule has 2 N–H and O–H groups in total. The van der Waals surface area contributed by atoms with Gasteiger partial charge in [0, 0.05) is 14.1 Å². The van der Waals surface area contributed by atoms with E-state index < -0.39 is 23.5 Å². The number of nitrogens with zero attached hydrogens (tertiary/aromatic N) is 3. The van der Waals surface area contributed by atoms with Crippen LogP contribution < -0.4 is 10.6 Å². The van der Waals surface area contributed by atoms with Crippen molar-refractivity contribution in [3.8, 4) is 0 Å². The van der Waals surface area contributed by atoms with E-state index in [4.69, 9.17) is 5.73 Å². The van der Waals surface area contributed by atoms with Crippen LogP contribution in [0.3, 0.4) is 0 Å². The molecule has 0 aliphatic rings. The molecule has 0 amide bonds. The van der Waals surface area contributed by atoms with Crippen molar-refractivity contribution >= 4 is 11.8 Å². The second-order valence-corrected chi connectivity index (χ2v) is 2.97. The Morgan fingerprint density at radius 1 is 1.20 bits per heavy atom. The lowest BCUT2D eigenvalue weighted by Crippen LogP contribution is -2.20. The Bertz CT molecular complexity index is 351. The van der Waals surface area contributed by atoms with Gasteiger partial charge in [-0.25, -0.2) is 0 Å². The Kier molecular flexibility index (Phi) is 2.69. The van der Waals surface area contributed by atoms with E-state index in [0.29, 0.717) is 0 Å². The van der Waals surface area contributed by atoms with E-state index in [2.05, 4.69) is 9.97 Å². The van der Waals surface area contributed by atoms with Crippen molar-refractivity contribution in [1.29, 1.82) is 0 Å². The number of hydrogen-bond donors (Lipinski definition) is 1. The van der Waals surface area contributed by atoms with Crippen LogP contribution in [0.2, 0.25) is 0 Å². The summed E-state index contributed by atoms with van der Waals surface area (Å²) in [5.74, 6) is -2.80. The van der Waals surface area contributed by atoms with Crippen molar-refractivity contribution in [2.45, 2.75) is 6.18 Å². The zero-order valence-electron chi connectivity index (χ0n) is 7.93. The topological polar surface area (TPSA) is 55.0 Å². The Hall–Kier alpha value is -1.60. The van der Waals surface area contributed by atoms with Crippen LogP contribution in [0.4, 0.5) is 29.3 Å². The quantitative estimate of drug-likeness (QED) is 0.576. The van der Waals surface area contributed by atoms with Gasteiger partial charge in [-0.05, 0) is 0 Å². The van der Waals surface area contributed by atoms with Crippen LogP contribution in [-0.4, -0.2) is 24.1 Å². The molecule has 8 heteroatoms. The molecule has 84 valence electrons. The molecule has 15 heavy (non-hydrogen) atoms. The minimum Gasteiger partial charge on any atom is -0.383 e. The molecule has 1 rings (SSSR count). The number of nitrogens with two attached hydrogens (primary N) is 1. The SMILES string of the molecule is CN(C)c1nc(N)c(C(F)(F)F)c(F)n1. The summed E-state index contributed by atoms with van der Waals surface area (Å²) in [6, 6.07) is 0. The molecule has 0 fully saturated rings. The summed E-state index contributed by atoms with van der Waals surface area (Å²) >= 11 is 0. The second-order valence-electron chi connectivity index (χ2n) is 2.97. The van der Waals surface area contributed by atoms with Crippen LogP contribution in [0.15, 0.2) is 0 Å². The van der Waals surface area contributed by atoms with Crippen molar-refractivity contribution in [3.05, 3.63) is 11.5 Å². The Labute approximate surface area is 82.7 Å². The highest BCUT2D eigenvalue weighted by molar-refractivity contribution is 5.45. The van der Waals surface area contributed by atoms with Crippen molar-refractivity contribution in [1.82, 2.24) is 9.97 Å². The predicted octanol–water partition coefficient (Wildman–Crippen LogP) is 1.28. The maximum absolute atomic E-state index is 13.0. The van der Waals surface area contributed by atoms with Gasteiger partial charge >= 0.3 is 6.18 Å². The van der Waals surface area contributed by atoms with Gasteiger partial charge in [-0.2, -0.15) is 27.5 Å². The van der Waals surface area contributed by atoms with Gasteiger partial charge in [0.15, 0.2) is 5.56 Å². The lowest BCUT2D eigenvalue weighted by atomic mass is 10.3. The van der Waals surface area contributed by atoms with Gasteiger partial charge in [0.25, 0.3) is 0 Å². The standard InChI is InChI=1S/C7H8F4N4/c1-15(2)6-13-4(8)3(5(12)14-6)7(9,10)11/h1-2H3,(H2,12,13,14). The summed E-state index contributed by atoms with van der Waals surface area (Å²) in [4.78, 5) is 7.63. The van der Waals surface area contributed by atoms with E-state index in [9.17, 15) is 17.6 Å². The molecule has 0 aliphatic carbocycles. The molecule has 0 radical (unpaired) electrons. The maximum atomic E-state index is 13.0. The fourth-order valence-corrected chi connectivity index (χ4v) is 0.900. The predicted molar refractivity (Wildman–Crippen MR) is 45.7 cm³/mol. The fraction of sp³-hybridized carbons (Fsp3) is 0.429. The van der Waals surface area contributed by atoms with Gasteiger partial charge in [0.1, 0.15) is 5.82 Å². The molecule has 0 saturated carbocycles. The summed E-state index contributed by atoms with van der Waals surface area (Å²) < 4.78 is 49.7. The van der Waals surface area contributed by atoms with E-state index in [-0.39, 0.29) is 5.95 Å². The Morgan fingerprint density at radius 2 is 1.73 bits per heavy atom. The normalized spacial score (nSPS) is 11.6. The van der Waals surface area contributed by atoms with Crippen LogP contribution in [-0.2, 0) is 6.18 Å². The highest BCUT2D eigenvalue weighted by Gasteiger charge is 2.38. The van der Waals surface area contributed by atoms with Crippen molar-refractivity contribution in [2.75, 3.05) is 24.7 Å². The highest BCUT2D eigenvalue weighted by atomic mass is 19.4. The van der Waals surface area contributed by atoms with E-state index in [1.807, 2.05) is 0 Å². The van der Waals surface area contributed by atoms with Gasteiger partial charge in [-0.3, -0.25) is 0 Å². The summed E-state index contributed by atoms with van der Waals surface area (Å²) in [7, 11) is 2.92. The lowest BCUT2D eigenvalue weighted by molar-refractivity contribution is -0.139. The first kappa shape index (κ1) is 11.5.